The highest BCUT2D eigenvalue weighted by atomic mass is 16.5. The van der Waals surface area contributed by atoms with Gasteiger partial charge >= 0.3 is 5.97 Å². The van der Waals surface area contributed by atoms with Crippen LogP contribution in [0.25, 0.3) is 0 Å². The van der Waals surface area contributed by atoms with E-state index in [9.17, 15) is 9.90 Å². The van der Waals surface area contributed by atoms with Crippen molar-refractivity contribution in [2.45, 2.75) is 37.7 Å². The molecule has 3 atom stereocenters. The summed E-state index contributed by atoms with van der Waals surface area (Å²) in [6.07, 6.45) is 2.69. The van der Waals surface area contributed by atoms with Crippen molar-refractivity contribution < 1.29 is 14.6 Å². The second-order valence-electron chi connectivity index (χ2n) is 4.96. The third-order valence-corrected chi connectivity index (χ3v) is 3.84. The molecule has 1 fully saturated rings. The van der Waals surface area contributed by atoms with E-state index in [1.54, 1.807) is 0 Å². The highest BCUT2D eigenvalue weighted by Crippen LogP contribution is 2.37. The van der Waals surface area contributed by atoms with Crippen LogP contribution < -0.4 is 0 Å². The molecule has 0 aliphatic heterocycles. The van der Waals surface area contributed by atoms with Crippen LogP contribution in [0.15, 0.2) is 30.3 Å². The zero-order valence-electron chi connectivity index (χ0n) is 10.7. The van der Waals surface area contributed by atoms with Crippen molar-refractivity contribution in [3.8, 4) is 0 Å². The van der Waals surface area contributed by atoms with Crippen LogP contribution in [0.5, 0.6) is 0 Å². The van der Waals surface area contributed by atoms with Gasteiger partial charge in [-0.2, -0.15) is 0 Å². The van der Waals surface area contributed by atoms with E-state index in [0.717, 1.165) is 12.8 Å². The Morgan fingerprint density at radius 3 is 2.50 bits per heavy atom. The lowest BCUT2D eigenvalue weighted by Crippen LogP contribution is -2.22. The molecule has 98 valence electrons. The average molecular weight is 248 g/mol. The molecule has 1 aromatic rings. The molecule has 1 saturated carbocycles. The molecular formula is C15H20O3. The van der Waals surface area contributed by atoms with Gasteiger partial charge in [0.2, 0.25) is 0 Å². The summed E-state index contributed by atoms with van der Waals surface area (Å²) in [5.41, 5.74) is 1.17. The first-order valence-electron chi connectivity index (χ1n) is 6.53. The van der Waals surface area contributed by atoms with Gasteiger partial charge in [-0.3, -0.25) is 4.79 Å². The maximum atomic E-state index is 11.9. The summed E-state index contributed by atoms with van der Waals surface area (Å²) in [5.74, 6) is -0.122. The monoisotopic (exact) mass is 248 g/mol. The predicted molar refractivity (Wildman–Crippen MR) is 69.2 cm³/mol. The van der Waals surface area contributed by atoms with Crippen molar-refractivity contribution in [3.63, 3.8) is 0 Å². The Kier molecular flexibility index (Phi) is 4.37. The number of ether oxygens (including phenoxy) is 1. The molecule has 1 aliphatic carbocycles. The third kappa shape index (κ3) is 2.91. The smallest absolute Gasteiger partial charge is 0.309 e. The van der Waals surface area contributed by atoms with Crippen LogP contribution in [0.2, 0.25) is 0 Å². The average Bonchev–Trinajstić information content (AvgIpc) is 2.61. The van der Waals surface area contributed by atoms with E-state index in [1.807, 2.05) is 18.2 Å². The minimum absolute atomic E-state index is 0.130. The van der Waals surface area contributed by atoms with E-state index in [-0.39, 0.29) is 23.9 Å². The molecule has 2 unspecified atom stereocenters. The summed E-state index contributed by atoms with van der Waals surface area (Å²) in [4.78, 5) is 11.9. The molecule has 0 spiro atoms. The first-order valence-corrected chi connectivity index (χ1v) is 6.53. The Hall–Kier alpha value is -1.35. The summed E-state index contributed by atoms with van der Waals surface area (Å²) in [6, 6.07) is 10.1. The van der Waals surface area contributed by atoms with Crippen molar-refractivity contribution in [2.24, 2.45) is 5.92 Å². The normalized spacial score (nSPS) is 28.4. The Morgan fingerprint density at radius 2 is 1.83 bits per heavy atom. The number of esters is 1. The topological polar surface area (TPSA) is 46.5 Å². The van der Waals surface area contributed by atoms with Crippen molar-refractivity contribution in [1.29, 1.82) is 0 Å². The van der Waals surface area contributed by atoms with Gasteiger partial charge in [0.05, 0.1) is 19.1 Å². The van der Waals surface area contributed by atoms with Gasteiger partial charge in [0.1, 0.15) is 0 Å². The van der Waals surface area contributed by atoms with Gasteiger partial charge in [-0.25, -0.2) is 0 Å². The molecule has 1 N–H and O–H groups in total. The lowest BCUT2D eigenvalue weighted by molar-refractivity contribution is -0.146. The highest BCUT2D eigenvalue weighted by Gasteiger charge is 2.33. The minimum Gasteiger partial charge on any atom is -0.469 e. The largest absolute Gasteiger partial charge is 0.469 e. The maximum absolute atomic E-state index is 11.9. The molecule has 1 aliphatic rings. The molecule has 3 heteroatoms. The van der Waals surface area contributed by atoms with Crippen LogP contribution in [0.4, 0.5) is 0 Å². The first-order chi connectivity index (χ1) is 8.72. The van der Waals surface area contributed by atoms with E-state index in [1.165, 1.54) is 12.7 Å². The van der Waals surface area contributed by atoms with Gasteiger partial charge < -0.3 is 9.84 Å². The van der Waals surface area contributed by atoms with E-state index in [2.05, 4.69) is 12.1 Å². The second kappa shape index (κ2) is 6.01. The molecule has 3 nitrogen and oxygen atoms in total. The number of carbonyl (C=O) groups is 1. The molecule has 0 heterocycles. The number of rotatable bonds is 2. The van der Waals surface area contributed by atoms with Gasteiger partial charge in [0.25, 0.3) is 0 Å². The standard InChI is InChI=1S/C15H20O3/c1-18-15(17)14-10-8-12(16)7-9-13(14)11-5-3-2-4-6-11/h2-6,12-14,16H,7-10H2,1H3/t12-,13?,14?/m1/s1. The Labute approximate surface area is 108 Å². The summed E-state index contributed by atoms with van der Waals surface area (Å²) in [6.45, 7) is 0. The zero-order chi connectivity index (χ0) is 13.0. The van der Waals surface area contributed by atoms with Crippen LogP contribution in [-0.4, -0.2) is 24.3 Å². The van der Waals surface area contributed by atoms with E-state index < -0.39 is 0 Å². The Bertz CT molecular complexity index is 388. The first kappa shape index (κ1) is 13.1. The lowest BCUT2D eigenvalue weighted by Gasteiger charge is -2.23. The van der Waals surface area contributed by atoms with Crippen LogP contribution in [0.3, 0.4) is 0 Å². The molecule has 0 saturated heterocycles. The quantitative estimate of drug-likeness (QED) is 0.646. The zero-order valence-corrected chi connectivity index (χ0v) is 10.7. The van der Waals surface area contributed by atoms with E-state index in [4.69, 9.17) is 4.74 Å². The van der Waals surface area contributed by atoms with Crippen LogP contribution >= 0.6 is 0 Å². The van der Waals surface area contributed by atoms with E-state index >= 15 is 0 Å². The van der Waals surface area contributed by atoms with Gasteiger partial charge in [-0.05, 0) is 37.2 Å². The number of benzene rings is 1. The molecule has 0 bridgehead atoms. The Morgan fingerprint density at radius 1 is 1.17 bits per heavy atom. The maximum Gasteiger partial charge on any atom is 0.309 e. The Balaban J connectivity index is 2.24. The van der Waals surface area contributed by atoms with Gasteiger partial charge in [0.15, 0.2) is 0 Å². The molecular weight excluding hydrogens is 228 g/mol. The van der Waals surface area contributed by atoms with Crippen molar-refractivity contribution in [3.05, 3.63) is 35.9 Å². The molecule has 2 rings (SSSR count). The number of methoxy groups -OCH3 is 1. The van der Waals surface area contributed by atoms with Crippen molar-refractivity contribution >= 4 is 5.97 Å². The van der Waals surface area contributed by atoms with E-state index in [0.29, 0.717) is 12.8 Å². The molecule has 0 radical (unpaired) electrons. The summed E-state index contributed by atoms with van der Waals surface area (Å²) in [5, 5.41) is 9.77. The minimum atomic E-state index is -0.286. The fourth-order valence-corrected chi connectivity index (χ4v) is 2.82. The van der Waals surface area contributed by atoms with Gasteiger partial charge in [0, 0.05) is 0 Å². The van der Waals surface area contributed by atoms with Crippen molar-refractivity contribution in [1.82, 2.24) is 0 Å². The third-order valence-electron chi connectivity index (χ3n) is 3.84. The fourth-order valence-electron chi connectivity index (χ4n) is 2.82. The number of aliphatic hydroxyl groups excluding tert-OH is 1. The predicted octanol–water partition coefficient (Wildman–Crippen LogP) is 2.49. The highest BCUT2D eigenvalue weighted by molar-refractivity contribution is 5.73. The van der Waals surface area contributed by atoms with Gasteiger partial charge in [-0.15, -0.1) is 0 Å². The van der Waals surface area contributed by atoms with Crippen LogP contribution in [-0.2, 0) is 9.53 Å². The summed E-state index contributed by atoms with van der Waals surface area (Å²) >= 11 is 0. The number of aliphatic hydroxyl groups is 1. The van der Waals surface area contributed by atoms with Crippen LogP contribution in [0, 0.1) is 5.92 Å². The van der Waals surface area contributed by atoms with Crippen molar-refractivity contribution in [2.75, 3.05) is 7.11 Å². The molecule has 0 amide bonds. The van der Waals surface area contributed by atoms with Crippen LogP contribution in [0.1, 0.15) is 37.2 Å². The number of hydrogen-bond donors (Lipinski definition) is 1. The fraction of sp³-hybridized carbons (Fsp3) is 0.533. The number of carbonyl (C=O) groups excluding carboxylic acids is 1. The molecule has 18 heavy (non-hydrogen) atoms. The van der Waals surface area contributed by atoms with Gasteiger partial charge in [-0.1, -0.05) is 30.3 Å². The summed E-state index contributed by atoms with van der Waals surface area (Å²) < 4.78 is 4.91. The SMILES string of the molecule is COC(=O)C1CC[C@H](O)CCC1c1ccccc1. The molecule has 1 aromatic carbocycles. The number of hydrogen-bond acceptors (Lipinski definition) is 3. The summed E-state index contributed by atoms with van der Waals surface area (Å²) in [7, 11) is 1.44. The lowest BCUT2D eigenvalue weighted by atomic mass is 9.82. The molecule has 0 aromatic heterocycles. The second-order valence-corrected chi connectivity index (χ2v) is 4.96.